The SMILES string of the molecule is CCOC(=O)c1sc(NC(=S)N2CCN(C(=O)[C@@H]3CCCO3)CC2)c(C(=O)OCC)c1C. The summed E-state index contributed by atoms with van der Waals surface area (Å²) in [6, 6.07) is 0. The van der Waals surface area contributed by atoms with E-state index in [0.717, 1.165) is 24.2 Å². The van der Waals surface area contributed by atoms with Crippen LogP contribution in [0.3, 0.4) is 0 Å². The van der Waals surface area contributed by atoms with Crippen molar-refractivity contribution in [3.63, 3.8) is 0 Å². The van der Waals surface area contributed by atoms with Crippen LogP contribution in [0.2, 0.25) is 0 Å². The van der Waals surface area contributed by atoms with Gasteiger partial charge in [0.05, 0.1) is 18.8 Å². The number of anilines is 1. The number of ether oxygens (including phenoxy) is 3. The van der Waals surface area contributed by atoms with Crippen LogP contribution in [0.1, 0.15) is 52.3 Å². The van der Waals surface area contributed by atoms with Gasteiger partial charge in [-0.25, -0.2) is 9.59 Å². The summed E-state index contributed by atoms with van der Waals surface area (Å²) in [4.78, 5) is 41.5. The molecule has 3 rings (SSSR count). The smallest absolute Gasteiger partial charge is 0.348 e. The molecular weight excluding hydrogens is 454 g/mol. The fourth-order valence-electron chi connectivity index (χ4n) is 3.72. The van der Waals surface area contributed by atoms with Crippen molar-refractivity contribution in [1.82, 2.24) is 9.80 Å². The van der Waals surface area contributed by atoms with E-state index in [4.69, 9.17) is 26.4 Å². The van der Waals surface area contributed by atoms with E-state index in [1.807, 2.05) is 9.80 Å². The van der Waals surface area contributed by atoms with E-state index in [2.05, 4.69) is 5.32 Å². The quantitative estimate of drug-likeness (QED) is 0.483. The van der Waals surface area contributed by atoms with Gasteiger partial charge in [-0.1, -0.05) is 0 Å². The lowest BCUT2D eigenvalue weighted by Gasteiger charge is -2.37. The maximum absolute atomic E-state index is 12.6. The number of nitrogens with one attached hydrogen (secondary N) is 1. The summed E-state index contributed by atoms with van der Waals surface area (Å²) in [5.41, 5.74) is 0.790. The number of piperazine rings is 1. The first kappa shape index (κ1) is 24.4. The molecule has 0 radical (unpaired) electrons. The number of thiocarbonyl (C=S) groups is 1. The Hall–Kier alpha value is -2.24. The van der Waals surface area contributed by atoms with Crippen molar-refractivity contribution in [2.75, 3.05) is 51.3 Å². The van der Waals surface area contributed by atoms with Gasteiger partial charge >= 0.3 is 11.9 Å². The zero-order valence-corrected chi connectivity index (χ0v) is 20.2. The van der Waals surface area contributed by atoms with Crippen LogP contribution in [0, 0.1) is 6.92 Å². The standard InChI is InChI=1S/C21H29N3O6S2/c1-4-28-19(26)15-13(3)16(20(27)29-5-2)32-17(15)22-21(31)24-10-8-23(9-11-24)18(25)14-7-6-12-30-14/h14H,4-12H2,1-3H3,(H,22,31)/t14-/m0/s1. The first-order valence-corrected chi connectivity index (χ1v) is 12.0. The topological polar surface area (TPSA) is 97.4 Å². The largest absolute Gasteiger partial charge is 0.462 e. The second-order valence-electron chi connectivity index (χ2n) is 7.45. The van der Waals surface area contributed by atoms with Crippen LogP contribution < -0.4 is 5.32 Å². The molecule has 2 saturated heterocycles. The van der Waals surface area contributed by atoms with Crippen molar-refractivity contribution >= 4 is 51.5 Å². The molecule has 0 aromatic carbocycles. The monoisotopic (exact) mass is 483 g/mol. The van der Waals surface area contributed by atoms with E-state index < -0.39 is 11.9 Å². The number of nitrogens with zero attached hydrogens (tertiary/aromatic N) is 2. The van der Waals surface area contributed by atoms with E-state index in [1.54, 1.807) is 20.8 Å². The molecule has 176 valence electrons. The minimum atomic E-state index is -0.519. The van der Waals surface area contributed by atoms with Gasteiger partial charge in [-0.15, -0.1) is 11.3 Å². The van der Waals surface area contributed by atoms with E-state index in [9.17, 15) is 14.4 Å². The molecule has 0 aliphatic carbocycles. The lowest BCUT2D eigenvalue weighted by Crippen LogP contribution is -2.53. The maximum atomic E-state index is 12.6. The summed E-state index contributed by atoms with van der Waals surface area (Å²) in [6.45, 7) is 8.45. The van der Waals surface area contributed by atoms with Gasteiger partial charge in [-0.05, 0) is 51.4 Å². The van der Waals surface area contributed by atoms with Crippen molar-refractivity contribution in [3.05, 3.63) is 16.0 Å². The Balaban J connectivity index is 1.68. The molecule has 1 atom stereocenters. The van der Waals surface area contributed by atoms with Crippen LogP contribution >= 0.6 is 23.6 Å². The Labute approximate surface area is 197 Å². The molecule has 2 fully saturated rings. The summed E-state index contributed by atoms with van der Waals surface area (Å²) >= 11 is 6.69. The highest BCUT2D eigenvalue weighted by Crippen LogP contribution is 2.34. The normalized spacial score (nSPS) is 18.4. The van der Waals surface area contributed by atoms with Gasteiger partial charge in [-0.2, -0.15) is 0 Å². The number of rotatable bonds is 6. The Bertz CT molecular complexity index is 873. The molecule has 32 heavy (non-hydrogen) atoms. The molecule has 2 aliphatic heterocycles. The van der Waals surface area contributed by atoms with Gasteiger partial charge in [0.1, 0.15) is 16.0 Å². The molecule has 1 aromatic rings. The minimum Gasteiger partial charge on any atom is -0.462 e. The Morgan fingerprint density at radius 3 is 2.31 bits per heavy atom. The van der Waals surface area contributed by atoms with E-state index in [-0.39, 0.29) is 30.8 Å². The molecule has 0 unspecified atom stereocenters. The molecule has 9 nitrogen and oxygen atoms in total. The van der Waals surface area contributed by atoms with Gasteiger partial charge in [0.25, 0.3) is 5.91 Å². The number of hydrogen-bond acceptors (Lipinski definition) is 8. The highest BCUT2D eigenvalue weighted by molar-refractivity contribution is 7.80. The Morgan fingerprint density at radius 2 is 1.72 bits per heavy atom. The third-order valence-electron chi connectivity index (χ3n) is 5.39. The van der Waals surface area contributed by atoms with Crippen molar-refractivity contribution in [3.8, 4) is 0 Å². The van der Waals surface area contributed by atoms with Gasteiger partial charge in [0.2, 0.25) is 0 Å². The van der Waals surface area contributed by atoms with Gasteiger partial charge in [0, 0.05) is 32.8 Å². The maximum Gasteiger partial charge on any atom is 0.348 e. The number of esters is 2. The lowest BCUT2D eigenvalue weighted by atomic mass is 10.1. The van der Waals surface area contributed by atoms with Crippen LogP contribution in [0.15, 0.2) is 0 Å². The summed E-state index contributed by atoms with van der Waals surface area (Å²) in [5, 5.41) is 3.99. The Kier molecular flexibility index (Phi) is 8.44. The minimum absolute atomic E-state index is 0.0404. The number of carbonyl (C=O) groups excluding carboxylic acids is 3. The van der Waals surface area contributed by atoms with E-state index in [1.165, 1.54) is 0 Å². The van der Waals surface area contributed by atoms with E-state index in [0.29, 0.717) is 53.3 Å². The zero-order valence-electron chi connectivity index (χ0n) is 18.6. The van der Waals surface area contributed by atoms with Crippen LogP contribution in [0.5, 0.6) is 0 Å². The summed E-state index contributed by atoms with van der Waals surface area (Å²) in [5.74, 6) is -0.964. The fraction of sp³-hybridized carbons (Fsp3) is 0.619. The number of hydrogen-bond donors (Lipinski definition) is 1. The fourth-order valence-corrected chi connectivity index (χ4v) is 5.16. The second-order valence-corrected chi connectivity index (χ2v) is 8.85. The molecule has 0 spiro atoms. The average molecular weight is 484 g/mol. The Morgan fingerprint density at radius 1 is 1.09 bits per heavy atom. The van der Waals surface area contributed by atoms with Crippen molar-refractivity contribution in [1.29, 1.82) is 0 Å². The molecule has 3 heterocycles. The van der Waals surface area contributed by atoms with Crippen molar-refractivity contribution in [2.45, 2.75) is 39.7 Å². The predicted octanol–water partition coefficient (Wildman–Crippen LogP) is 2.43. The number of amides is 1. The van der Waals surface area contributed by atoms with Gasteiger partial charge < -0.3 is 29.3 Å². The third-order valence-corrected chi connectivity index (χ3v) is 6.94. The zero-order chi connectivity index (χ0) is 23.3. The highest BCUT2D eigenvalue weighted by Gasteiger charge is 2.32. The first-order chi connectivity index (χ1) is 15.4. The van der Waals surface area contributed by atoms with Gasteiger partial charge in [-0.3, -0.25) is 4.79 Å². The van der Waals surface area contributed by atoms with Crippen LogP contribution in [-0.2, 0) is 19.0 Å². The van der Waals surface area contributed by atoms with Crippen molar-refractivity contribution in [2.24, 2.45) is 0 Å². The summed E-state index contributed by atoms with van der Waals surface area (Å²) in [6.07, 6.45) is 1.37. The highest BCUT2D eigenvalue weighted by atomic mass is 32.1. The van der Waals surface area contributed by atoms with Crippen molar-refractivity contribution < 1.29 is 28.6 Å². The molecular formula is C21H29N3O6S2. The molecule has 1 N–H and O–H groups in total. The van der Waals surface area contributed by atoms with Gasteiger partial charge in [0.15, 0.2) is 5.11 Å². The average Bonchev–Trinajstić information content (AvgIpc) is 3.42. The van der Waals surface area contributed by atoms with Crippen LogP contribution in [0.25, 0.3) is 0 Å². The number of carbonyl (C=O) groups is 3. The lowest BCUT2D eigenvalue weighted by molar-refractivity contribution is -0.142. The molecule has 0 bridgehead atoms. The third kappa shape index (κ3) is 5.38. The number of thiophene rings is 1. The molecule has 0 saturated carbocycles. The summed E-state index contributed by atoms with van der Waals surface area (Å²) < 4.78 is 15.8. The molecule has 1 amide bonds. The van der Waals surface area contributed by atoms with Crippen LogP contribution in [-0.4, -0.2) is 84.9 Å². The summed E-state index contributed by atoms with van der Waals surface area (Å²) in [7, 11) is 0. The molecule has 11 heteroatoms. The van der Waals surface area contributed by atoms with Crippen LogP contribution in [0.4, 0.5) is 5.00 Å². The predicted molar refractivity (Wildman–Crippen MR) is 124 cm³/mol. The first-order valence-electron chi connectivity index (χ1n) is 10.8. The molecule has 1 aromatic heterocycles. The molecule has 2 aliphatic rings. The van der Waals surface area contributed by atoms with E-state index >= 15 is 0 Å². The second kappa shape index (κ2) is 11.1.